The van der Waals surface area contributed by atoms with E-state index in [1.807, 2.05) is 0 Å². The molecule has 138 valence electrons. The molecule has 0 spiro atoms. The summed E-state index contributed by atoms with van der Waals surface area (Å²) in [6, 6.07) is 13.3. The van der Waals surface area contributed by atoms with Gasteiger partial charge in [0.1, 0.15) is 0 Å². The minimum absolute atomic E-state index is 0.439. The maximum Gasteiger partial charge on any atom is 0.0471 e. The van der Waals surface area contributed by atoms with E-state index in [-0.39, 0.29) is 0 Å². The number of rotatable bonds is 5. The maximum absolute atomic E-state index is 5.55. The molecule has 3 heteroatoms. The van der Waals surface area contributed by atoms with E-state index in [0.29, 0.717) is 11.5 Å². The van der Waals surface area contributed by atoms with Crippen LogP contribution in [0.4, 0.5) is 0 Å². The number of nitrogens with one attached hydrogen (secondary N) is 1. The summed E-state index contributed by atoms with van der Waals surface area (Å²) in [6.07, 6.45) is 9.26. The average Bonchev–Trinajstić information content (AvgIpc) is 2.62. The normalized spacial score (nSPS) is 32.4. The summed E-state index contributed by atoms with van der Waals surface area (Å²) in [5.41, 5.74) is 1.91. The third kappa shape index (κ3) is 4.27. The van der Waals surface area contributed by atoms with Crippen molar-refractivity contribution in [1.82, 2.24) is 10.2 Å². The predicted octanol–water partition coefficient (Wildman–Crippen LogP) is 3.98. The second-order valence-corrected chi connectivity index (χ2v) is 8.87. The molecule has 0 radical (unpaired) electrons. The monoisotopic (exact) mass is 342 g/mol. The Labute approximate surface area is 153 Å². The number of ether oxygens (including phenoxy) is 1. The first-order valence-corrected chi connectivity index (χ1v) is 10.3. The lowest BCUT2D eigenvalue weighted by atomic mass is 9.79. The van der Waals surface area contributed by atoms with E-state index in [9.17, 15) is 0 Å². The Morgan fingerprint density at radius 2 is 1.76 bits per heavy atom. The first-order chi connectivity index (χ1) is 12.2. The smallest absolute Gasteiger partial charge is 0.0471 e. The first kappa shape index (κ1) is 17.5. The van der Waals surface area contributed by atoms with E-state index in [0.717, 1.165) is 31.8 Å². The van der Waals surface area contributed by atoms with Gasteiger partial charge in [0.25, 0.3) is 0 Å². The van der Waals surface area contributed by atoms with Crippen molar-refractivity contribution >= 4 is 0 Å². The Morgan fingerprint density at radius 3 is 2.44 bits per heavy atom. The summed E-state index contributed by atoms with van der Waals surface area (Å²) in [6.45, 7) is 6.63. The summed E-state index contributed by atoms with van der Waals surface area (Å²) in [5, 5.41) is 3.96. The fourth-order valence-corrected chi connectivity index (χ4v) is 5.13. The number of nitrogens with zero attached hydrogens (tertiary/aromatic N) is 1. The zero-order chi connectivity index (χ0) is 17.1. The molecule has 3 nitrogen and oxygen atoms in total. The van der Waals surface area contributed by atoms with E-state index in [1.165, 1.54) is 57.1 Å². The van der Waals surface area contributed by atoms with Crippen molar-refractivity contribution in [2.24, 2.45) is 5.41 Å². The summed E-state index contributed by atoms with van der Waals surface area (Å²) < 4.78 is 5.55. The minimum atomic E-state index is 0.439. The second kappa shape index (κ2) is 7.77. The van der Waals surface area contributed by atoms with Crippen molar-refractivity contribution in [2.75, 3.05) is 19.8 Å². The van der Waals surface area contributed by atoms with Crippen LogP contribution in [0.5, 0.6) is 0 Å². The van der Waals surface area contributed by atoms with Crippen LogP contribution in [0.1, 0.15) is 57.4 Å². The van der Waals surface area contributed by atoms with E-state index in [4.69, 9.17) is 4.74 Å². The predicted molar refractivity (Wildman–Crippen MR) is 103 cm³/mol. The SMILES string of the molecule is CC1(CNC2CC3CCCC(C2)N3Cc2ccccc2)CCOCC1. The lowest BCUT2D eigenvalue weighted by Crippen LogP contribution is -2.56. The highest BCUT2D eigenvalue weighted by molar-refractivity contribution is 5.15. The zero-order valence-corrected chi connectivity index (χ0v) is 15.8. The fourth-order valence-electron chi connectivity index (χ4n) is 5.13. The molecule has 0 aromatic heterocycles. The van der Waals surface area contributed by atoms with Gasteiger partial charge in [-0.3, -0.25) is 4.90 Å². The van der Waals surface area contributed by atoms with Gasteiger partial charge in [-0.05, 0) is 49.5 Å². The summed E-state index contributed by atoms with van der Waals surface area (Å²) in [4.78, 5) is 2.81. The Bertz CT molecular complexity index is 526. The molecular weight excluding hydrogens is 308 g/mol. The van der Waals surface area contributed by atoms with Crippen LogP contribution in [0.25, 0.3) is 0 Å². The van der Waals surface area contributed by atoms with Crippen molar-refractivity contribution in [2.45, 2.75) is 76.5 Å². The quantitative estimate of drug-likeness (QED) is 0.876. The molecule has 0 amide bonds. The molecule has 1 aromatic rings. The van der Waals surface area contributed by atoms with Gasteiger partial charge >= 0.3 is 0 Å². The molecule has 4 rings (SSSR count). The maximum atomic E-state index is 5.55. The highest BCUT2D eigenvalue weighted by atomic mass is 16.5. The Morgan fingerprint density at radius 1 is 1.08 bits per heavy atom. The van der Waals surface area contributed by atoms with Crippen molar-refractivity contribution in [1.29, 1.82) is 0 Å². The number of hydrogen-bond donors (Lipinski definition) is 1. The zero-order valence-electron chi connectivity index (χ0n) is 15.8. The van der Waals surface area contributed by atoms with Crippen LogP contribution < -0.4 is 5.32 Å². The topological polar surface area (TPSA) is 24.5 Å². The average molecular weight is 343 g/mol. The molecule has 3 fully saturated rings. The van der Waals surface area contributed by atoms with Crippen LogP contribution in [-0.2, 0) is 11.3 Å². The van der Waals surface area contributed by atoms with Crippen molar-refractivity contribution in [3.05, 3.63) is 35.9 Å². The molecule has 3 aliphatic rings. The van der Waals surface area contributed by atoms with Gasteiger partial charge in [0.2, 0.25) is 0 Å². The van der Waals surface area contributed by atoms with E-state index in [2.05, 4.69) is 47.5 Å². The molecule has 25 heavy (non-hydrogen) atoms. The number of benzene rings is 1. The Balaban J connectivity index is 1.34. The van der Waals surface area contributed by atoms with Crippen molar-refractivity contribution in [3.8, 4) is 0 Å². The van der Waals surface area contributed by atoms with Crippen LogP contribution in [0.2, 0.25) is 0 Å². The third-order valence-electron chi connectivity index (χ3n) is 6.85. The second-order valence-electron chi connectivity index (χ2n) is 8.87. The highest BCUT2D eigenvalue weighted by Gasteiger charge is 2.38. The van der Waals surface area contributed by atoms with Crippen LogP contribution in [-0.4, -0.2) is 42.8 Å². The lowest BCUT2D eigenvalue weighted by Gasteiger charge is -2.49. The van der Waals surface area contributed by atoms with Crippen LogP contribution in [0.3, 0.4) is 0 Å². The van der Waals surface area contributed by atoms with Gasteiger partial charge in [-0.15, -0.1) is 0 Å². The molecule has 2 atom stereocenters. The molecule has 0 saturated carbocycles. The third-order valence-corrected chi connectivity index (χ3v) is 6.85. The summed E-state index contributed by atoms with van der Waals surface area (Å²) in [5.74, 6) is 0. The van der Waals surface area contributed by atoms with Gasteiger partial charge < -0.3 is 10.1 Å². The molecule has 2 bridgehead atoms. The van der Waals surface area contributed by atoms with Gasteiger partial charge in [-0.2, -0.15) is 0 Å². The standard InChI is InChI=1S/C22H34N2O/c1-22(10-12-25-13-11-22)17-23-19-14-20-8-5-9-21(15-19)24(20)16-18-6-3-2-4-7-18/h2-4,6-7,19-21,23H,5,8-17H2,1H3. The summed E-state index contributed by atoms with van der Waals surface area (Å²) >= 11 is 0. The lowest BCUT2D eigenvalue weighted by molar-refractivity contribution is 0.00356. The molecule has 0 aliphatic carbocycles. The van der Waals surface area contributed by atoms with Crippen LogP contribution in [0, 0.1) is 5.41 Å². The molecule has 3 saturated heterocycles. The minimum Gasteiger partial charge on any atom is -0.381 e. The van der Waals surface area contributed by atoms with E-state index in [1.54, 1.807) is 0 Å². The first-order valence-electron chi connectivity index (χ1n) is 10.3. The van der Waals surface area contributed by atoms with Crippen LogP contribution >= 0.6 is 0 Å². The fraction of sp³-hybridized carbons (Fsp3) is 0.727. The Hall–Kier alpha value is -0.900. The largest absolute Gasteiger partial charge is 0.381 e. The molecule has 1 aromatic carbocycles. The van der Waals surface area contributed by atoms with Gasteiger partial charge in [0.05, 0.1) is 0 Å². The van der Waals surface area contributed by atoms with Crippen LogP contribution in [0.15, 0.2) is 30.3 Å². The Kier molecular flexibility index (Phi) is 5.44. The number of fused-ring (bicyclic) bond motifs is 2. The molecule has 3 aliphatic heterocycles. The van der Waals surface area contributed by atoms with Gasteiger partial charge in [0, 0.05) is 44.4 Å². The van der Waals surface area contributed by atoms with E-state index >= 15 is 0 Å². The summed E-state index contributed by atoms with van der Waals surface area (Å²) in [7, 11) is 0. The van der Waals surface area contributed by atoms with Gasteiger partial charge in [-0.1, -0.05) is 43.7 Å². The molecule has 3 heterocycles. The molecule has 2 unspecified atom stereocenters. The highest BCUT2D eigenvalue weighted by Crippen LogP contribution is 2.36. The molecule has 1 N–H and O–H groups in total. The van der Waals surface area contributed by atoms with Gasteiger partial charge in [0.15, 0.2) is 0 Å². The van der Waals surface area contributed by atoms with Gasteiger partial charge in [-0.25, -0.2) is 0 Å². The number of hydrogen-bond acceptors (Lipinski definition) is 3. The van der Waals surface area contributed by atoms with Crippen molar-refractivity contribution < 1.29 is 4.74 Å². The number of piperidine rings is 2. The van der Waals surface area contributed by atoms with E-state index < -0.39 is 0 Å². The molecular formula is C22H34N2O. The van der Waals surface area contributed by atoms with Crippen molar-refractivity contribution in [3.63, 3.8) is 0 Å².